The Kier molecular flexibility index (Phi) is 5.90. The van der Waals surface area contributed by atoms with Crippen molar-refractivity contribution in [2.24, 2.45) is 0 Å². The molecule has 1 aliphatic heterocycles. The number of carbonyl (C=O) groups excluding carboxylic acids is 1. The number of carbonyl (C=O) groups is 1. The minimum atomic E-state index is -0.500. The van der Waals surface area contributed by atoms with E-state index in [0.717, 1.165) is 44.4 Å². The molecule has 2 heterocycles. The van der Waals surface area contributed by atoms with Crippen molar-refractivity contribution in [3.05, 3.63) is 101 Å². The van der Waals surface area contributed by atoms with Crippen molar-refractivity contribution in [2.45, 2.75) is 33.4 Å². The van der Waals surface area contributed by atoms with Gasteiger partial charge < -0.3 is 14.2 Å². The van der Waals surface area contributed by atoms with E-state index in [4.69, 9.17) is 19.2 Å². The lowest BCUT2D eigenvalue weighted by molar-refractivity contribution is -0.147. The molecule has 1 aliphatic rings. The van der Waals surface area contributed by atoms with Gasteiger partial charge in [-0.3, -0.25) is 0 Å². The van der Waals surface area contributed by atoms with E-state index in [-0.39, 0.29) is 5.97 Å². The Balaban J connectivity index is 1.39. The average molecular weight is 440 g/mol. The van der Waals surface area contributed by atoms with Crippen LogP contribution in [-0.2, 0) is 27.4 Å². The van der Waals surface area contributed by atoms with Crippen LogP contribution in [0.3, 0.4) is 0 Å². The Labute approximate surface area is 192 Å². The van der Waals surface area contributed by atoms with E-state index in [1.807, 2.05) is 55.5 Å². The standard InChI is InChI=1S/C28H25NO4/c1-3-31-27(30)24-10-6-5-9-23(24)19-13-12-18(2)21(14-19)16-32-28-26-22(17-33-28)15-20-8-4-7-11-25(20)29-26/h4-15,28H,3,16-17H2,1-2H3. The zero-order valence-corrected chi connectivity index (χ0v) is 18.7. The van der Waals surface area contributed by atoms with Gasteiger partial charge in [0.25, 0.3) is 0 Å². The van der Waals surface area contributed by atoms with Crippen molar-refractivity contribution in [1.29, 1.82) is 0 Å². The van der Waals surface area contributed by atoms with Crippen LogP contribution in [0.1, 0.15) is 46.0 Å². The average Bonchev–Trinajstić information content (AvgIpc) is 3.24. The maximum Gasteiger partial charge on any atom is 0.338 e. The predicted octanol–water partition coefficient (Wildman–Crippen LogP) is 6.13. The molecule has 5 rings (SSSR count). The molecular weight excluding hydrogens is 414 g/mol. The zero-order chi connectivity index (χ0) is 22.8. The van der Waals surface area contributed by atoms with Gasteiger partial charge in [-0.05, 0) is 60.4 Å². The Morgan fingerprint density at radius 3 is 2.76 bits per heavy atom. The van der Waals surface area contributed by atoms with Gasteiger partial charge in [0.1, 0.15) is 5.69 Å². The summed E-state index contributed by atoms with van der Waals surface area (Å²) in [5.74, 6) is -0.319. The molecule has 0 saturated carbocycles. The van der Waals surface area contributed by atoms with Gasteiger partial charge in [0.2, 0.25) is 6.29 Å². The van der Waals surface area contributed by atoms with Crippen molar-refractivity contribution in [3.8, 4) is 11.1 Å². The highest BCUT2D eigenvalue weighted by molar-refractivity contribution is 5.97. The van der Waals surface area contributed by atoms with Gasteiger partial charge in [-0.25, -0.2) is 9.78 Å². The summed E-state index contributed by atoms with van der Waals surface area (Å²) in [6.45, 7) is 5.06. The van der Waals surface area contributed by atoms with Crippen molar-refractivity contribution in [3.63, 3.8) is 0 Å². The van der Waals surface area contributed by atoms with E-state index < -0.39 is 6.29 Å². The molecule has 0 amide bonds. The molecule has 1 aromatic heterocycles. The number of nitrogens with zero attached hydrogens (tertiary/aromatic N) is 1. The van der Waals surface area contributed by atoms with Crippen LogP contribution in [0.25, 0.3) is 22.0 Å². The molecule has 0 saturated heterocycles. The van der Waals surface area contributed by atoms with Gasteiger partial charge >= 0.3 is 5.97 Å². The lowest BCUT2D eigenvalue weighted by atomic mass is 9.96. The predicted molar refractivity (Wildman–Crippen MR) is 127 cm³/mol. The largest absolute Gasteiger partial charge is 0.462 e. The molecule has 0 spiro atoms. The Hall–Kier alpha value is -3.54. The van der Waals surface area contributed by atoms with Crippen molar-refractivity contribution >= 4 is 16.9 Å². The van der Waals surface area contributed by atoms with Crippen molar-refractivity contribution in [1.82, 2.24) is 4.98 Å². The summed E-state index contributed by atoms with van der Waals surface area (Å²) in [4.78, 5) is 17.2. The van der Waals surface area contributed by atoms with Crippen LogP contribution in [0.2, 0.25) is 0 Å². The first-order valence-corrected chi connectivity index (χ1v) is 11.1. The number of para-hydroxylation sites is 1. The molecule has 0 bridgehead atoms. The molecule has 1 unspecified atom stereocenters. The van der Waals surface area contributed by atoms with Gasteiger partial charge in [0.15, 0.2) is 0 Å². The van der Waals surface area contributed by atoms with Crippen LogP contribution < -0.4 is 0 Å². The van der Waals surface area contributed by atoms with E-state index >= 15 is 0 Å². The molecule has 5 nitrogen and oxygen atoms in total. The summed E-state index contributed by atoms with van der Waals surface area (Å²) >= 11 is 0. The first-order chi connectivity index (χ1) is 16.1. The minimum Gasteiger partial charge on any atom is -0.462 e. The second-order valence-electron chi connectivity index (χ2n) is 8.09. The fourth-order valence-corrected chi connectivity index (χ4v) is 4.15. The lowest BCUT2D eigenvalue weighted by Crippen LogP contribution is -2.07. The number of esters is 1. The van der Waals surface area contributed by atoms with Crippen LogP contribution in [0.4, 0.5) is 0 Å². The molecule has 5 heteroatoms. The fraction of sp³-hybridized carbons (Fsp3) is 0.214. The number of hydrogen-bond donors (Lipinski definition) is 0. The quantitative estimate of drug-likeness (QED) is 0.338. The number of fused-ring (bicyclic) bond motifs is 2. The third-order valence-electron chi connectivity index (χ3n) is 5.92. The topological polar surface area (TPSA) is 57.7 Å². The highest BCUT2D eigenvalue weighted by atomic mass is 16.7. The van der Waals surface area contributed by atoms with Gasteiger partial charge in [0, 0.05) is 10.9 Å². The van der Waals surface area contributed by atoms with E-state index in [1.165, 1.54) is 0 Å². The zero-order valence-electron chi connectivity index (χ0n) is 18.7. The maximum absolute atomic E-state index is 12.4. The lowest BCUT2D eigenvalue weighted by Gasteiger charge is -2.15. The number of pyridine rings is 1. The highest BCUT2D eigenvalue weighted by Crippen LogP contribution is 2.34. The van der Waals surface area contributed by atoms with E-state index in [1.54, 1.807) is 6.07 Å². The van der Waals surface area contributed by atoms with Crippen LogP contribution in [-0.4, -0.2) is 17.6 Å². The number of rotatable bonds is 6. The van der Waals surface area contributed by atoms with E-state index in [0.29, 0.717) is 25.4 Å². The Morgan fingerprint density at radius 1 is 1.06 bits per heavy atom. The smallest absolute Gasteiger partial charge is 0.338 e. The third kappa shape index (κ3) is 4.25. The SMILES string of the molecule is CCOC(=O)c1ccccc1-c1ccc(C)c(COC2OCc3cc4ccccc4nc32)c1. The molecule has 1 atom stereocenters. The third-order valence-corrected chi connectivity index (χ3v) is 5.92. The summed E-state index contributed by atoms with van der Waals surface area (Å²) in [6, 6.07) is 23.8. The molecule has 0 N–H and O–H groups in total. The Morgan fingerprint density at radius 2 is 1.88 bits per heavy atom. The van der Waals surface area contributed by atoms with Crippen LogP contribution in [0.5, 0.6) is 0 Å². The molecular formula is C28H25NO4. The highest BCUT2D eigenvalue weighted by Gasteiger charge is 2.26. The molecule has 33 heavy (non-hydrogen) atoms. The molecule has 0 aliphatic carbocycles. The van der Waals surface area contributed by atoms with E-state index in [2.05, 4.69) is 25.1 Å². The monoisotopic (exact) mass is 439 g/mol. The van der Waals surface area contributed by atoms with Crippen molar-refractivity contribution < 1.29 is 19.0 Å². The van der Waals surface area contributed by atoms with E-state index in [9.17, 15) is 4.79 Å². The summed E-state index contributed by atoms with van der Waals surface area (Å²) < 4.78 is 17.3. The second-order valence-corrected chi connectivity index (χ2v) is 8.09. The molecule has 4 aromatic rings. The summed E-state index contributed by atoms with van der Waals surface area (Å²) in [5.41, 5.74) is 7.32. The van der Waals surface area contributed by atoms with Crippen LogP contribution in [0.15, 0.2) is 72.8 Å². The van der Waals surface area contributed by atoms with Gasteiger partial charge in [-0.15, -0.1) is 0 Å². The van der Waals surface area contributed by atoms with Crippen LogP contribution >= 0.6 is 0 Å². The second kappa shape index (κ2) is 9.14. The van der Waals surface area contributed by atoms with Crippen molar-refractivity contribution in [2.75, 3.05) is 6.61 Å². The van der Waals surface area contributed by atoms with Gasteiger partial charge in [0.05, 0.1) is 30.9 Å². The molecule has 166 valence electrons. The molecule has 3 aromatic carbocycles. The summed E-state index contributed by atoms with van der Waals surface area (Å²) in [6.07, 6.45) is -0.500. The fourth-order valence-electron chi connectivity index (χ4n) is 4.15. The first-order valence-electron chi connectivity index (χ1n) is 11.1. The number of ether oxygens (including phenoxy) is 3. The Bertz CT molecular complexity index is 1330. The molecule has 0 radical (unpaired) electrons. The normalized spacial score (nSPS) is 14.9. The summed E-state index contributed by atoms with van der Waals surface area (Å²) in [5, 5.41) is 1.10. The number of hydrogen-bond acceptors (Lipinski definition) is 5. The van der Waals surface area contributed by atoms with Gasteiger partial charge in [-0.1, -0.05) is 48.5 Å². The first kappa shape index (κ1) is 21.3. The number of aryl methyl sites for hydroxylation is 1. The molecule has 0 fully saturated rings. The van der Waals surface area contributed by atoms with Gasteiger partial charge in [-0.2, -0.15) is 0 Å². The minimum absolute atomic E-state index is 0.319. The maximum atomic E-state index is 12.4. The number of benzene rings is 3. The van der Waals surface area contributed by atoms with Crippen LogP contribution in [0, 0.1) is 6.92 Å². The number of aromatic nitrogens is 1. The summed E-state index contributed by atoms with van der Waals surface area (Å²) in [7, 11) is 0.